The van der Waals surface area contributed by atoms with Gasteiger partial charge in [0.05, 0.1) is 22.5 Å². The Balaban J connectivity index is 2.11. The van der Waals surface area contributed by atoms with Gasteiger partial charge >= 0.3 is 6.18 Å². The zero-order valence-electron chi connectivity index (χ0n) is 11.8. The van der Waals surface area contributed by atoms with Crippen LogP contribution in [0, 0.1) is 0 Å². The highest BCUT2D eigenvalue weighted by Crippen LogP contribution is 2.33. The van der Waals surface area contributed by atoms with Crippen molar-refractivity contribution >= 4 is 23.5 Å². The van der Waals surface area contributed by atoms with Gasteiger partial charge in [0.2, 0.25) is 0 Å². The molecule has 0 aliphatic rings. The summed E-state index contributed by atoms with van der Waals surface area (Å²) in [5.74, 6) is 0. The SMILES string of the molecule is CCc1ccc(/C=N\Nc2cc(C(F)(F)F)ccc2Cl)cc1. The molecule has 0 aliphatic carbocycles. The Hall–Kier alpha value is -2.01. The number of nitrogens with zero attached hydrogens (tertiary/aromatic N) is 1. The summed E-state index contributed by atoms with van der Waals surface area (Å²) in [5, 5.41) is 4.10. The minimum absolute atomic E-state index is 0.109. The maximum atomic E-state index is 12.6. The van der Waals surface area contributed by atoms with E-state index in [0.29, 0.717) is 0 Å². The quantitative estimate of drug-likeness (QED) is 0.593. The van der Waals surface area contributed by atoms with Gasteiger partial charge in [0.15, 0.2) is 0 Å². The highest BCUT2D eigenvalue weighted by Gasteiger charge is 2.30. The van der Waals surface area contributed by atoms with Crippen molar-refractivity contribution in [3.05, 3.63) is 64.2 Å². The van der Waals surface area contributed by atoms with Crippen LogP contribution >= 0.6 is 11.6 Å². The highest BCUT2D eigenvalue weighted by atomic mass is 35.5. The molecule has 0 amide bonds. The molecule has 0 unspecified atom stereocenters. The summed E-state index contributed by atoms with van der Waals surface area (Å²) in [6.07, 6.45) is -1.95. The number of halogens is 4. The third kappa shape index (κ3) is 4.24. The van der Waals surface area contributed by atoms with Crippen LogP contribution in [0.1, 0.15) is 23.6 Å². The Morgan fingerprint density at radius 2 is 1.82 bits per heavy atom. The second kappa shape index (κ2) is 6.83. The van der Waals surface area contributed by atoms with Crippen LogP contribution in [-0.4, -0.2) is 6.21 Å². The van der Waals surface area contributed by atoms with Crippen molar-refractivity contribution in [2.24, 2.45) is 5.10 Å². The number of anilines is 1. The fraction of sp³-hybridized carbons (Fsp3) is 0.188. The molecule has 0 fully saturated rings. The van der Waals surface area contributed by atoms with Gasteiger partial charge < -0.3 is 0 Å². The van der Waals surface area contributed by atoms with E-state index >= 15 is 0 Å². The Morgan fingerprint density at radius 3 is 2.41 bits per heavy atom. The first-order valence-corrected chi connectivity index (χ1v) is 7.02. The van der Waals surface area contributed by atoms with Gasteiger partial charge in [-0.25, -0.2) is 0 Å². The van der Waals surface area contributed by atoms with Crippen molar-refractivity contribution in [1.29, 1.82) is 0 Å². The number of benzene rings is 2. The second-order valence-electron chi connectivity index (χ2n) is 4.66. The van der Waals surface area contributed by atoms with E-state index in [2.05, 4.69) is 17.5 Å². The lowest BCUT2D eigenvalue weighted by Gasteiger charge is -2.09. The van der Waals surface area contributed by atoms with E-state index in [0.717, 1.165) is 24.1 Å². The number of aryl methyl sites for hydroxylation is 1. The van der Waals surface area contributed by atoms with Gasteiger partial charge in [-0.15, -0.1) is 0 Å². The van der Waals surface area contributed by atoms with Crippen LogP contribution < -0.4 is 5.43 Å². The van der Waals surface area contributed by atoms with Gasteiger partial charge in [0.1, 0.15) is 0 Å². The molecule has 1 N–H and O–H groups in total. The molecular weight excluding hydrogens is 313 g/mol. The molecule has 6 heteroatoms. The van der Waals surface area contributed by atoms with E-state index in [9.17, 15) is 13.2 Å². The fourth-order valence-corrected chi connectivity index (χ4v) is 1.96. The van der Waals surface area contributed by atoms with E-state index in [-0.39, 0.29) is 10.7 Å². The average molecular weight is 327 g/mol. The van der Waals surface area contributed by atoms with Crippen molar-refractivity contribution in [3.8, 4) is 0 Å². The maximum absolute atomic E-state index is 12.6. The zero-order valence-corrected chi connectivity index (χ0v) is 12.5. The van der Waals surface area contributed by atoms with Crippen molar-refractivity contribution in [3.63, 3.8) is 0 Å². The van der Waals surface area contributed by atoms with E-state index < -0.39 is 11.7 Å². The smallest absolute Gasteiger partial charge is 0.277 e. The van der Waals surface area contributed by atoms with Gasteiger partial charge in [-0.3, -0.25) is 5.43 Å². The van der Waals surface area contributed by atoms with Crippen LogP contribution in [0.2, 0.25) is 5.02 Å². The first-order chi connectivity index (χ1) is 10.4. The van der Waals surface area contributed by atoms with Crippen LogP contribution in [-0.2, 0) is 12.6 Å². The molecule has 0 atom stereocenters. The summed E-state index contributed by atoms with van der Waals surface area (Å²) in [5.41, 5.74) is 3.91. The lowest BCUT2D eigenvalue weighted by atomic mass is 10.1. The van der Waals surface area contributed by atoms with Crippen LogP contribution in [0.15, 0.2) is 47.6 Å². The molecule has 0 saturated carbocycles. The van der Waals surface area contributed by atoms with E-state index in [1.165, 1.54) is 17.8 Å². The predicted octanol–water partition coefficient (Wildman–Crippen LogP) is 5.37. The average Bonchev–Trinajstić information content (AvgIpc) is 2.48. The molecule has 0 heterocycles. The van der Waals surface area contributed by atoms with Crippen LogP contribution in [0.5, 0.6) is 0 Å². The van der Waals surface area contributed by atoms with E-state index in [1.807, 2.05) is 24.3 Å². The fourth-order valence-electron chi connectivity index (χ4n) is 1.80. The molecule has 116 valence electrons. The van der Waals surface area contributed by atoms with Crippen molar-refractivity contribution in [2.45, 2.75) is 19.5 Å². The maximum Gasteiger partial charge on any atom is 0.416 e. The largest absolute Gasteiger partial charge is 0.416 e. The molecule has 0 aliphatic heterocycles. The number of hydrogen-bond donors (Lipinski definition) is 1. The van der Waals surface area contributed by atoms with Gasteiger partial charge in [0.25, 0.3) is 0 Å². The Kier molecular flexibility index (Phi) is 5.08. The summed E-state index contributed by atoms with van der Waals surface area (Å²) in [6, 6.07) is 10.8. The number of rotatable bonds is 4. The zero-order chi connectivity index (χ0) is 16.2. The summed E-state index contributed by atoms with van der Waals surface area (Å²) in [6.45, 7) is 2.06. The summed E-state index contributed by atoms with van der Waals surface area (Å²) in [4.78, 5) is 0. The normalized spacial score (nSPS) is 11.9. The minimum atomic E-state index is -4.42. The molecule has 0 bridgehead atoms. The second-order valence-corrected chi connectivity index (χ2v) is 5.06. The van der Waals surface area contributed by atoms with Crippen molar-refractivity contribution < 1.29 is 13.2 Å². The summed E-state index contributed by atoms with van der Waals surface area (Å²) >= 11 is 5.86. The van der Waals surface area contributed by atoms with E-state index in [4.69, 9.17) is 11.6 Å². The number of hydrazone groups is 1. The monoisotopic (exact) mass is 326 g/mol. The first kappa shape index (κ1) is 16.4. The number of nitrogens with one attached hydrogen (secondary N) is 1. The van der Waals surface area contributed by atoms with Crippen LogP contribution in [0.4, 0.5) is 18.9 Å². The molecular formula is C16H14ClF3N2. The molecule has 2 nitrogen and oxygen atoms in total. The lowest BCUT2D eigenvalue weighted by Crippen LogP contribution is -2.05. The van der Waals surface area contributed by atoms with Gasteiger partial charge in [0, 0.05) is 0 Å². The topological polar surface area (TPSA) is 24.4 Å². The molecule has 22 heavy (non-hydrogen) atoms. The van der Waals surface area contributed by atoms with Crippen LogP contribution in [0.25, 0.3) is 0 Å². The molecule has 0 saturated heterocycles. The van der Waals surface area contributed by atoms with Crippen molar-refractivity contribution in [2.75, 3.05) is 5.43 Å². The standard InChI is InChI=1S/C16H14ClF3N2/c1-2-11-3-5-12(6-4-11)10-21-22-15-9-13(16(18,19)20)7-8-14(15)17/h3-10,22H,2H2,1H3/b21-10-. The number of hydrogen-bond acceptors (Lipinski definition) is 2. The molecule has 0 radical (unpaired) electrons. The molecule has 0 spiro atoms. The first-order valence-electron chi connectivity index (χ1n) is 6.65. The van der Waals surface area contributed by atoms with Gasteiger partial charge in [-0.05, 0) is 35.7 Å². The van der Waals surface area contributed by atoms with Gasteiger partial charge in [-0.1, -0.05) is 42.8 Å². The molecule has 2 aromatic carbocycles. The Morgan fingerprint density at radius 1 is 1.14 bits per heavy atom. The number of alkyl halides is 3. The third-order valence-corrected chi connectivity index (χ3v) is 3.41. The Bertz CT molecular complexity index is 664. The summed E-state index contributed by atoms with van der Waals surface area (Å²) in [7, 11) is 0. The van der Waals surface area contributed by atoms with Crippen LogP contribution in [0.3, 0.4) is 0 Å². The van der Waals surface area contributed by atoms with E-state index in [1.54, 1.807) is 0 Å². The predicted molar refractivity (Wildman–Crippen MR) is 83.5 cm³/mol. The third-order valence-electron chi connectivity index (χ3n) is 3.08. The molecule has 0 aromatic heterocycles. The molecule has 2 rings (SSSR count). The minimum Gasteiger partial charge on any atom is -0.277 e. The highest BCUT2D eigenvalue weighted by molar-refractivity contribution is 6.33. The van der Waals surface area contributed by atoms with Gasteiger partial charge in [-0.2, -0.15) is 18.3 Å². The lowest BCUT2D eigenvalue weighted by molar-refractivity contribution is -0.137. The Labute approximate surface area is 131 Å². The molecule has 2 aromatic rings. The summed E-state index contributed by atoms with van der Waals surface area (Å²) < 4.78 is 37.9. The van der Waals surface area contributed by atoms with Crippen molar-refractivity contribution in [1.82, 2.24) is 0 Å².